The molecule has 0 amide bonds. The molecular formula is C12H17N5S. The lowest BCUT2D eigenvalue weighted by Gasteiger charge is -2.13. The van der Waals surface area contributed by atoms with Gasteiger partial charge in [0.25, 0.3) is 0 Å². The van der Waals surface area contributed by atoms with Crippen LogP contribution in [0.3, 0.4) is 0 Å². The van der Waals surface area contributed by atoms with E-state index in [0.29, 0.717) is 5.82 Å². The zero-order chi connectivity index (χ0) is 13.0. The van der Waals surface area contributed by atoms with Crippen molar-refractivity contribution in [3.63, 3.8) is 0 Å². The van der Waals surface area contributed by atoms with Crippen LogP contribution in [-0.2, 0) is 6.42 Å². The van der Waals surface area contributed by atoms with Crippen LogP contribution in [0.15, 0.2) is 17.6 Å². The molecule has 0 fully saturated rings. The topological polar surface area (TPSA) is 76.7 Å². The third-order valence-electron chi connectivity index (χ3n) is 2.45. The van der Waals surface area contributed by atoms with Crippen LogP contribution in [0.25, 0.3) is 0 Å². The molecule has 96 valence electrons. The quantitative estimate of drug-likeness (QED) is 0.867. The SMILES string of the molecule is CCCc1nc(N)cc(NC(C)c2nccs2)n1. The van der Waals surface area contributed by atoms with Gasteiger partial charge in [0, 0.05) is 24.1 Å². The van der Waals surface area contributed by atoms with Crippen molar-refractivity contribution < 1.29 is 0 Å². The Hall–Kier alpha value is -1.69. The molecule has 0 saturated heterocycles. The predicted molar refractivity (Wildman–Crippen MR) is 74.6 cm³/mol. The van der Waals surface area contributed by atoms with Crippen molar-refractivity contribution in [2.24, 2.45) is 0 Å². The summed E-state index contributed by atoms with van der Waals surface area (Å²) >= 11 is 1.62. The normalized spacial score (nSPS) is 12.3. The summed E-state index contributed by atoms with van der Waals surface area (Å²) in [6.07, 6.45) is 3.64. The number of hydrogen-bond acceptors (Lipinski definition) is 6. The van der Waals surface area contributed by atoms with E-state index in [-0.39, 0.29) is 6.04 Å². The van der Waals surface area contributed by atoms with E-state index in [0.717, 1.165) is 29.5 Å². The minimum atomic E-state index is 0.119. The van der Waals surface area contributed by atoms with E-state index in [1.165, 1.54) is 0 Å². The number of rotatable bonds is 5. The number of nitrogens with two attached hydrogens (primary N) is 1. The Bertz CT molecular complexity index is 497. The summed E-state index contributed by atoms with van der Waals surface area (Å²) in [6.45, 7) is 4.15. The van der Waals surface area contributed by atoms with Gasteiger partial charge in [0.2, 0.25) is 0 Å². The van der Waals surface area contributed by atoms with Gasteiger partial charge in [-0.2, -0.15) is 0 Å². The summed E-state index contributed by atoms with van der Waals surface area (Å²) in [4.78, 5) is 12.9. The van der Waals surface area contributed by atoms with E-state index in [9.17, 15) is 0 Å². The third kappa shape index (κ3) is 3.16. The van der Waals surface area contributed by atoms with Gasteiger partial charge in [-0.05, 0) is 13.3 Å². The van der Waals surface area contributed by atoms with Crippen molar-refractivity contribution in [2.75, 3.05) is 11.1 Å². The number of hydrogen-bond donors (Lipinski definition) is 2. The van der Waals surface area contributed by atoms with Crippen LogP contribution in [0.1, 0.15) is 37.1 Å². The molecule has 6 heteroatoms. The van der Waals surface area contributed by atoms with E-state index in [4.69, 9.17) is 5.73 Å². The number of anilines is 2. The Labute approximate surface area is 111 Å². The van der Waals surface area contributed by atoms with Crippen LogP contribution in [0.2, 0.25) is 0 Å². The Morgan fingerprint density at radius 3 is 2.94 bits per heavy atom. The fourth-order valence-electron chi connectivity index (χ4n) is 1.66. The first-order valence-electron chi connectivity index (χ1n) is 5.98. The standard InChI is InChI=1S/C12H17N5S/c1-3-4-10-16-9(13)7-11(17-10)15-8(2)12-14-5-6-18-12/h5-8H,3-4H2,1-2H3,(H3,13,15,16,17). The van der Waals surface area contributed by atoms with Gasteiger partial charge in [0.1, 0.15) is 22.5 Å². The minimum Gasteiger partial charge on any atom is -0.384 e. The Balaban J connectivity index is 2.13. The monoisotopic (exact) mass is 263 g/mol. The highest BCUT2D eigenvalue weighted by molar-refractivity contribution is 7.09. The smallest absolute Gasteiger partial charge is 0.133 e. The molecule has 0 aliphatic heterocycles. The van der Waals surface area contributed by atoms with E-state index < -0.39 is 0 Å². The zero-order valence-corrected chi connectivity index (χ0v) is 11.4. The predicted octanol–water partition coefficient (Wildman–Crippen LogP) is 2.64. The molecule has 0 saturated carbocycles. The summed E-state index contributed by atoms with van der Waals surface area (Å²) in [5.41, 5.74) is 5.78. The van der Waals surface area contributed by atoms with Crippen LogP contribution < -0.4 is 11.1 Å². The summed E-state index contributed by atoms with van der Waals surface area (Å²) in [7, 11) is 0. The van der Waals surface area contributed by atoms with Gasteiger partial charge in [-0.1, -0.05) is 6.92 Å². The molecule has 0 aromatic carbocycles. The summed E-state index contributed by atoms with van der Waals surface area (Å²) in [5, 5.41) is 6.30. The molecule has 0 aliphatic carbocycles. The molecule has 2 heterocycles. The molecule has 0 aliphatic rings. The number of aryl methyl sites for hydroxylation is 1. The fraction of sp³-hybridized carbons (Fsp3) is 0.417. The zero-order valence-electron chi connectivity index (χ0n) is 10.6. The third-order valence-corrected chi connectivity index (χ3v) is 3.41. The van der Waals surface area contributed by atoms with Gasteiger partial charge < -0.3 is 11.1 Å². The van der Waals surface area contributed by atoms with Gasteiger partial charge in [-0.15, -0.1) is 11.3 Å². The molecule has 3 N–H and O–H groups in total. The first-order chi connectivity index (χ1) is 8.69. The molecule has 5 nitrogen and oxygen atoms in total. The average Bonchev–Trinajstić information content (AvgIpc) is 2.81. The highest BCUT2D eigenvalue weighted by Crippen LogP contribution is 2.20. The van der Waals surface area contributed by atoms with E-state index in [2.05, 4.69) is 34.1 Å². The van der Waals surface area contributed by atoms with Crippen molar-refractivity contribution in [2.45, 2.75) is 32.7 Å². The number of nitrogens with zero attached hydrogens (tertiary/aromatic N) is 3. The van der Waals surface area contributed by atoms with E-state index in [1.807, 2.05) is 5.38 Å². The molecular weight excluding hydrogens is 246 g/mol. The second-order valence-electron chi connectivity index (χ2n) is 4.08. The van der Waals surface area contributed by atoms with Crippen molar-refractivity contribution in [1.82, 2.24) is 15.0 Å². The van der Waals surface area contributed by atoms with Crippen LogP contribution in [0.5, 0.6) is 0 Å². The number of nitrogen functional groups attached to an aromatic ring is 1. The highest BCUT2D eigenvalue weighted by Gasteiger charge is 2.10. The Kier molecular flexibility index (Phi) is 4.09. The number of aromatic nitrogens is 3. The van der Waals surface area contributed by atoms with Gasteiger partial charge in [0.05, 0.1) is 6.04 Å². The molecule has 2 aromatic rings. The van der Waals surface area contributed by atoms with Gasteiger partial charge in [-0.25, -0.2) is 15.0 Å². The minimum absolute atomic E-state index is 0.119. The lowest BCUT2D eigenvalue weighted by Crippen LogP contribution is -2.10. The molecule has 0 spiro atoms. The average molecular weight is 263 g/mol. The van der Waals surface area contributed by atoms with Gasteiger partial charge in [0.15, 0.2) is 0 Å². The lowest BCUT2D eigenvalue weighted by molar-refractivity contribution is 0.818. The molecule has 2 rings (SSSR count). The first kappa shape index (κ1) is 12.8. The maximum Gasteiger partial charge on any atom is 0.133 e. The van der Waals surface area contributed by atoms with Crippen molar-refractivity contribution in [1.29, 1.82) is 0 Å². The second-order valence-corrected chi connectivity index (χ2v) is 5.01. The fourth-order valence-corrected chi connectivity index (χ4v) is 2.30. The van der Waals surface area contributed by atoms with Crippen LogP contribution in [0, 0.1) is 0 Å². The highest BCUT2D eigenvalue weighted by atomic mass is 32.1. The molecule has 1 unspecified atom stereocenters. The maximum absolute atomic E-state index is 5.78. The van der Waals surface area contributed by atoms with E-state index in [1.54, 1.807) is 23.6 Å². The summed E-state index contributed by atoms with van der Waals surface area (Å²) in [5.74, 6) is 2.04. The molecule has 1 atom stereocenters. The summed E-state index contributed by atoms with van der Waals surface area (Å²) in [6, 6.07) is 1.87. The lowest BCUT2D eigenvalue weighted by atomic mass is 10.3. The number of thiazole rings is 1. The van der Waals surface area contributed by atoms with Crippen LogP contribution in [0.4, 0.5) is 11.6 Å². The van der Waals surface area contributed by atoms with Crippen molar-refractivity contribution >= 4 is 23.0 Å². The molecule has 18 heavy (non-hydrogen) atoms. The van der Waals surface area contributed by atoms with E-state index >= 15 is 0 Å². The Morgan fingerprint density at radius 1 is 1.44 bits per heavy atom. The molecule has 0 radical (unpaired) electrons. The first-order valence-corrected chi connectivity index (χ1v) is 6.86. The largest absolute Gasteiger partial charge is 0.384 e. The van der Waals surface area contributed by atoms with Crippen LogP contribution in [-0.4, -0.2) is 15.0 Å². The Morgan fingerprint density at radius 2 is 2.28 bits per heavy atom. The number of nitrogens with one attached hydrogen (secondary N) is 1. The molecule has 2 aromatic heterocycles. The molecule has 0 bridgehead atoms. The second kappa shape index (κ2) is 5.77. The van der Waals surface area contributed by atoms with Crippen LogP contribution >= 0.6 is 11.3 Å². The van der Waals surface area contributed by atoms with Crippen molar-refractivity contribution in [3.8, 4) is 0 Å². The van der Waals surface area contributed by atoms with Gasteiger partial charge >= 0.3 is 0 Å². The van der Waals surface area contributed by atoms with Crippen molar-refractivity contribution in [3.05, 3.63) is 28.5 Å². The maximum atomic E-state index is 5.78. The summed E-state index contributed by atoms with van der Waals surface area (Å²) < 4.78 is 0. The van der Waals surface area contributed by atoms with Gasteiger partial charge in [-0.3, -0.25) is 0 Å².